The zero-order valence-corrected chi connectivity index (χ0v) is 16.1. The number of fused-ring (bicyclic) bond motifs is 2. The van der Waals surface area contributed by atoms with Gasteiger partial charge in [-0.25, -0.2) is 0 Å². The van der Waals surface area contributed by atoms with E-state index in [9.17, 15) is 9.59 Å². The van der Waals surface area contributed by atoms with E-state index < -0.39 is 0 Å². The highest BCUT2D eigenvalue weighted by Gasteiger charge is 2.34. The van der Waals surface area contributed by atoms with Gasteiger partial charge in [-0.3, -0.25) is 9.59 Å². The molecule has 0 saturated heterocycles. The molecule has 2 aliphatic rings. The van der Waals surface area contributed by atoms with E-state index in [4.69, 9.17) is 0 Å². The highest BCUT2D eigenvalue weighted by Crippen LogP contribution is 2.36. The summed E-state index contributed by atoms with van der Waals surface area (Å²) in [6.45, 7) is 5.17. The van der Waals surface area contributed by atoms with E-state index in [0.717, 1.165) is 24.9 Å². The number of benzene rings is 1. The van der Waals surface area contributed by atoms with Crippen molar-refractivity contribution in [2.24, 2.45) is 0 Å². The molecule has 1 aromatic heterocycles. The molecule has 4 nitrogen and oxygen atoms in total. The summed E-state index contributed by atoms with van der Waals surface area (Å²) in [5.74, 6) is 0.186. The largest absolute Gasteiger partial charge is 0.335 e. The Morgan fingerprint density at radius 3 is 2.65 bits per heavy atom. The number of carbonyl (C=O) groups is 2. The molecule has 3 heterocycles. The first kappa shape index (κ1) is 17.3. The van der Waals surface area contributed by atoms with Crippen LogP contribution in [0.15, 0.2) is 35.7 Å². The van der Waals surface area contributed by atoms with Crippen LogP contribution in [0.25, 0.3) is 0 Å². The summed E-state index contributed by atoms with van der Waals surface area (Å²) in [5, 5.41) is 2.12. The smallest absolute Gasteiger partial charge is 0.225 e. The molecule has 0 N–H and O–H groups in total. The Morgan fingerprint density at radius 1 is 1.08 bits per heavy atom. The lowest BCUT2D eigenvalue weighted by atomic mass is 9.90. The molecule has 4 rings (SSSR count). The van der Waals surface area contributed by atoms with Gasteiger partial charge in [0.25, 0.3) is 0 Å². The maximum atomic E-state index is 13.2. The predicted molar refractivity (Wildman–Crippen MR) is 103 cm³/mol. The van der Waals surface area contributed by atoms with Crippen molar-refractivity contribution in [1.82, 2.24) is 9.80 Å². The van der Waals surface area contributed by atoms with Crippen molar-refractivity contribution in [3.63, 3.8) is 0 Å². The first-order valence-corrected chi connectivity index (χ1v) is 10.1. The van der Waals surface area contributed by atoms with Gasteiger partial charge in [-0.15, -0.1) is 11.3 Å². The molecule has 26 heavy (non-hydrogen) atoms. The lowest BCUT2D eigenvalue weighted by Crippen LogP contribution is -2.44. The van der Waals surface area contributed by atoms with Crippen molar-refractivity contribution >= 4 is 23.2 Å². The molecule has 2 aromatic rings. The maximum absolute atomic E-state index is 13.2. The Labute approximate surface area is 158 Å². The second-order valence-corrected chi connectivity index (χ2v) is 8.19. The molecule has 136 valence electrons. The summed E-state index contributed by atoms with van der Waals surface area (Å²) < 4.78 is 0. The predicted octanol–water partition coefficient (Wildman–Crippen LogP) is 3.73. The van der Waals surface area contributed by atoms with E-state index in [2.05, 4.69) is 30.5 Å². The van der Waals surface area contributed by atoms with Crippen LogP contribution >= 0.6 is 11.3 Å². The second kappa shape index (κ2) is 6.88. The quantitative estimate of drug-likeness (QED) is 0.810. The van der Waals surface area contributed by atoms with Gasteiger partial charge in [-0.2, -0.15) is 0 Å². The summed E-state index contributed by atoms with van der Waals surface area (Å²) in [6, 6.07) is 10.3. The van der Waals surface area contributed by atoms with Crippen LogP contribution in [0.2, 0.25) is 0 Å². The van der Waals surface area contributed by atoms with E-state index in [1.165, 1.54) is 16.0 Å². The van der Waals surface area contributed by atoms with Gasteiger partial charge < -0.3 is 9.80 Å². The fourth-order valence-electron chi connectivity index (χ4n) is 4.38. The van der Waals surface area contributed by atoms with Crippen molar-refractivity contribution in [1.29, 1.82) is 0 Å². The van der Waals surface area contributed by atoms with Crippen molar-refractivity contribution in [3.05, 3.63) is 57.3 Å². The standard InChI is InChI=1S/C21H24N2O2S/c1-14-17-9-12-26-20(17)8-11-22(14)21(25)13-19-18-6-4-3-5-16(18)7-10-23(19)15(2)24/h3-6,9,12,14,19H,7-8,10-11,13H2,1-2H3/t14-,19+/m0/s1. The van der Waals surface area contributed by atoms with E-state index in [-0.39, 0.29) is 23.9 Å². The Bertz CT molecular complexity index is 844. The molecule has 0 spiro atoms. The summed E-state index contributed by atoms with van der Waals surface area (Å²) in [5.41, 5.74) is 3.67. The normalized spacial score (nSPS) is 21.9. The van der Waals surface area contributed by atoms with Crippen LogP contribution in [-0.2, 0) is 22.4 Å². The van der Waals surface area contributed by atoms with Gasteiger partial charge in [-0.05, 0) is 47.9 Å². The third-order valence-corrected chi connectivity index (χ3v) is 6.78. The zero-order valence-electron chi connectivity index (χ0n) is 15.3. The fourth-order valence-corrected chi connectivity index (χ4v) is 5.34. The molecule has 0 radical (unpaired) electrons. The van der Waals surface area contributed by atoms with Crippen LogP contribution in [-0.4, -0.2) is 34.7 Å². The Kier molecular flexibility index (Phi) is 4.57. The SMILES string of the molecule is CC(=O)N1CCc2ccccc2[C@H]1CC(=O)N1CCc2sccc2[C@@H]1C. The highest BCUT2D eigenvalue weighted by atomic mass is 32.1. The number of amides is 2. The lowest BCUT2D eigenvalue weighted by Gasteiger charge is -2.39. The number of hydrogen-bond donors (Lipinski definition) is 0. The third-order valence-electron chi connectivity index (χ3n) is 5.78. The summed E-state index contributed by atoms with van der Waals surface area (Å²) in [7, 11) is 0. The van der Waals surface area contributed by atoms with Crippen LogP contribution in [0.5, 0.6) is 0 Å². The zero-order chi connectivity index (χ0) is 18.3. The summed E-state index contributed by atoms with van der Waals surface area (Å²) >= 11 is 1.78. The molecule has 0 fully saturated rings. The highest BCUT2D eigenvalue weighted by molar-refractivity contribution is 7.10. The van der Waals surface area contributed by atoms with Crippen LogP contribution in [0.1, 0.15) is 53.9 Å². The van der Waals surface area contributed by atoms with E-state index in [1.807, 2.05) is 21.9 Å². The molecule has 2 atom stereocenters. The second-order valence-electron chi connectivity index (χ2n) is 7.19. The topological polar surface area (TPSA) is 40.6 Å². The Hall–Kier alpha value is -2.14. The molecule has 5 heteroatoms. The number of nitrogens with zero attached hydrogens (tertiary/aromatic N) is 2. The number of thiophene rings is 1. The average molecular weight is 369 g/mol. The Balaban J connectivity index is 1.59. The molecular formula is C21H24N2O2S. The van der Waals surface area contributed by atoms with Gasteiger partial charge in [-0.1, -0.05) is 24.3 Å². The van der Waals surface area contributed by atoms with Crippen LogP contribution in [0.4, 0.5) is 0 Å². The molecule has 1 aromatic carbocycles. The maximum Gasteiger partial charge on any atom is 0.225 e. The lowest BCUT2D eigenvalue weighted by molar-refractivity contribution is -0.138. The minimum atomic E-state index is -0.152. The van der Waals surface area contributed by atoms with Gasteiger partial charge in [0.05, 0.1) is 18.5 Å². The van der Waals surface area contributed by atoms with Crippen molar-refractivity contribution in [2.45, 2.75) is 45.2 Å². The molecule has 2 aliphatic heterocycles. The first-order valence-electron chi connectivity index (χ1n) is 9.27. The van der Waals surface area contributed by atoms with E-state index >= 15 is 0 Å². The number of rotatable bonds is 2. The minimum Gasteiger partial charge on any atom is -0.335 e. The molecule has 2 amide bonds. The van der Waals surface area contributed by atoms with Crippen LogP contribution < -0.4 is 0 Å². The van der Waals surface area contributed by atoms with Gasteiger partial charge in [0.1, 0.15) is 0 Å². The van der Waals surface area contributed by atoms with Crippen molar-refractivity contribution in [2.75, 3.05) is 13.1 Å². The summed E-state index contributed by atoms with van der Waals surface area (Å²) in [6.07, 6.45) is 2.15. The van der Waals surface area contributed by atoms with Crippen molar-refractivity contribution in [3.8, 4) is 0 Å². The Morgan fingerprint density at radius 2 is 1.85 bits per heavy atom. The summed E-state index contributed by atoms with van der Waals surface area (Å²) in [4.78, 5) is 30.6. The number of carbonyl (C=O) groups excluding carboxylic acids is 2. The third kappa shape index (κ3) is 2.94. The molecule has 0 bridgehead atoms. The molecule has 0 unspecified atom stereocenters. The van der Waals surface area contributed by atoms with Gasteiger partial charge in [0, 0.05) is 24.9 Å². The number of hydrogen-bond acceptors (Lipinski definition) is 3. The van der Waals surface area contributed by atoms with Crippen molar-refractivity contribution < 1.29 is 9.59 Å². The molecular weight excluding hydrogens is 344 g/mol. The van der Waals surface area contributed by atoms with Gasteiger partial charge in [0.2, 0.25) is 11.8 Å². The van der Waals surface area contributed by atoms with Crippen LogP contribution in [0, 0.1) is 0 Å². The monoisotopic (exact) mass is 368 g/mol. The van der Waals surface area contributed by atoms with Gasteiger partial charge >= 0.3 is 0 Å². The molecule has 0 saturated carbocycles. The molecule has 0 aliphatic carbocycles. The van der Waals surface area contributed by atoms with E-state index in [1.54, 1.807) is 18.3 Å². The fraction of sp³-hybridized carbons (Fsp3) is 0.429. The van der Waals surface area contributed by atoms with E-state index in [0.29, 0.717) is 13.0 Å². The average Bonchev–Trinajstić information content (AvgIpc) is 3.11. The first-order chi connectivity index (χ1) is 12.6. The van der Waals surface area contributed by atoms with Gasteiger partial charge in [0.15, 0.2) is 0 Å². The minimum absolute atomic E-state index is 0.0455. The van der Waals surface area contributed by atoms with Crippen LogP contribution in [0.3, 0.4) is 0 Å².